The zero-order valence-electron chi connectivity index (χ0n) is 9.98. The molecule has 0 saturated heterocycles. The van der Waals surface area contributed by atoms with Crippen LogP contribution in [0, 0.1) is 5.82 Å². The average Bonchev–Trinajstić information content (AvgIpc) is 2.69. The van der Waals surface area contributed by atoms with E-state index in [9.17, 15) is 4.39 Å². The van der Waals surface area contributed by atoms with Crippen LogP contribution in [0.15, 0.2) is 42.5 Å². The highest BCUT2D eigenvalue weighted by atomic mass is 35.5. The summed E-state index contributed by atoms with van der Waals surface area (Å²) >= 11 is 5.85. The molecule has 0 unspecified atom stereocenters. The van der Waals surface area contributed by atoms with Crippen molar-refractivity contribution in [1.82, 2.24) is 9.55 Å². The molecule has 2 N–H and O–H groups in total. The molecule has 0 atom stereocenters. The number of hydrogen-bond donors (Lipinski definition) is 1. The Balaban J connectivity index is 2.06. The SMILES string of the molecule is Nc1nc2ccc(F)cc2n1Cc1ccc(Cl)cc1. The number of aromatic nitrogens is 2. The molecule has 0 amide bonds. The third-order valence-electron chi connectivity index (χ3n) is 2.99. The van der Waals surface area contributed by atoms with E-state index in [1.165, 1.54) is 12.1 Å². The third-order valence-corrected chi connectivity index (χ3v) is 3.25. The van der Waals surface area contributed by atoms with Crippen molar-refractivity contribution in [3.63, 3.8) is 0 Å². The van der Waals surface area contributed by atoms with E-state index in [4.69, 9.17) is 17.3 Å². The summed E-state index contributed by atoms with van der Waals surface area (Å²) in [6.45, 7) is 0.531. The predicted molar refractivity (Wildman–Crippen MR) is 74.7 cm³/mol. The Labute approximate surface area is 114 Å². The molecule has 2 aromatic carbocycles. The Morgan fingerprint density at radius 1 is 1.16 bits per heavy atom. The minimum Gasteiger partial charge on any atom is -0.369 e. The van der Waals surface area contributed by atoms with Gasteiger partial charge in [0.25, 0.3) is 0 Å². The van der Waals surface area contributed by atoms with E-state index in [0.29, 0.717) is 28.5 Å². The van der Waals surface area contributed by atoms with E-state index in [0.717, 1.165) is 5.56 Å². The van der Waals surface area contributed by atoms with Crippen LogP contribution in [0.2, 0.25) is 5.02 Å². The standard InChI is InChI=1S/C14H11ClFN3/c15-10-3-1-9(2-4-10)8-19-13-7-11(16)5-6-12(13)18-14(19)17/h1-7H,8H2,(H2,17,18). The number of anilines is 1. The molecule has 0 aliphatic heterocycles. The fraction of sp³-hybridized carbons (Fsp3) is 0.0714. The zero-order valence-corrected chi connectivity index (χ0v) is 10.7. The first kappa shape index (κ1) is 12.0. The normalized spacial score (nSPS) is 11.1. The van der Waals surface area contributed by atoms with E-state index in [-0.39, 0.29) is 5.82 Å². The van der Waals surface area contributed by atoms with Crippen molar-refractivity contribution in [2.45, 2.75) is 6.54 Å². The van der Waals surface area contributed by atoms with E-state index in [1.807, 2.05) is 24.3 Å². The lowest BCUT2D eigenvalue weighted by Gasteiger charge is -2.06. The summed E-state index contributed by atoms with van der Waals surface area (Å²) in [6.07, 6.45) is 0. The summed E-state index contributed by atoms with van der Waals surface area (Å²) in [6, 6.07) is 11.9. The lowest BCUT2D eigenvalue weighted by Crippen LogP contribution is -2.04. The van der Waals surface area contributed by atoms with Crippen molar-refractivity contribution in [2.75, 3.05) is 5.73 Å². The molecule has 19 heavy (non-hydrogen) atoms. The van der Waals surface area contributed by atoms with Gasteiger partial charge in [-0.3, -0.25) is 0 Å². The molecule has 1 aromatic heterocycles. The Morgan fingerprint density at radius 2 is 1.89 bits per heavy atom. The molecule has 5 heteroatoms. The number of halogens is 2. The molecule has 0 radical (unpaired) electrons. The number of hydrogen-bond acceptors (Lipinski definition) is 2. The molecule has 0 aliphatic rings. The van der Waals surface area contributed by atoms with Crippen molar-refractivity contribution in [2.24, 2.45) is 0 Å². The Kier molecular flexibility index (Phi) is 2.87. The molecule has 3 aromatic rings. The van der Waals surface area contributed by atoms with Gasteiger partial charge in [0.05, 0.1) is 17.6 Å². The van der Waals surface area contributed by atoms with Crippen LogP contribution >= 0.6 is 11.6 Å². The van der Waals surface area contributed by atoms with Gasteiger partial charge >= 0.3 is 0 Å². The number of fused-ring (bicyclic) bond motifs is 1. The van der Waals surface area contributed by atoms with Gasteiger partial charge in [0.1, 0.15) is 5.82 Å². The summed E-state index contributed by atoms with van der Waals surface area (Å²) in [5.74, 6) is 0.0697. The molecular formula is C14H11ClFN3. The van der Waals surface area contributed by atoms with Gasteiger partial charge < -0.3 is 10.3 Å². The van der Waals surface area contributed by atoms with E-state index >= 15 is 0 Å². The highest BCUT2D eigenvalue weighted by Gasteiger charge is 2.09. The van der Waals surface area contributed by atoms with Gasteiger partial charge in [-0.15, -0.1) is 0 Å². The van der Waals surface area contributed by atoms with Crippen LogP contribution in [0.4, 0.5) is 10.3 Å². The number of nitrogens with two attached hydrogens (primary N) is 1. The molecular weight excluding hydrogens is 265 g/mol. The highest BCUT2D eigenvalue weighted by Crippen LogP contribution is 2.21. The van der Waals surface area contributed by atoms with Crippen molar-refractivity contribution in [3.8, 4) is 0 Å². The van der Waals surface area contributed by atoms with Crippen LogP contribution in [-0.4, -0.2) is 9.55 Å². The number of imidazole rings is 1. The molecule has 0 bridgehead atoms. The summed E-state index contributed by atoms with van der Waals surface area (Å²) < 4.78 is 15.1. The van der Waals surface area contributed by atoms with Gasteiger partial charge in [0.15, 0.2) is 0 Å². The molecule has 3 rings (SSSR count). The maximum absolute atomic E-state index is 13.3. The maximum Gasteiger partial charge on any atom is 0.201 e. The van der Waals surface area contributed by atoms with E-state index < -0.39 is 0 Å². The summed E-state index contributed by atoms with van der Waals surface area (Å²) in [4.78, 5) is 4.22. The molecule has 0 aliphatic carbocycles. The van der Waals surface area contributed by atoms with E-state index in [2.05, 4.69) is 4.98 Å². The topological polar surface area (TPSA) is 43.8 Å². The monoisotopic (exact) mass is 275 g/mol. The third kappa shape index (κ3) is 2.27. The number of benzene rings is 2. The Bertz CT molecular complexity index is 734. The van der Waals surface area contributed by atoms with Crippen LogP contribution in [0.5, 0.6) is 0 Å². The first-order chi connectivity index (χ1) is 9.13. The average molecular weight is 276 g/mol. The van der Waals surface area contributed by atoms with Crippen LogP contribution in [0.3, 0.4) is 0 Å². The Hall–Kier alpha value is -2.07. The van der Waals surface area contributed by atoms with Gasteiger partial charge in [-0.25, -0.2) is 9.37 Å². The minimum absolute atomic E-state index is 0.301. The molecule has 0 spiro atoms. The quantitative estimate of drug-likeness (QED) is 0.778. The van der Waals surface area contributed by atoms with Gasteiger partial charge in [-0.2, -0.15) is 0 Å². The van der Waals surface area contributed by atoms with E-state index in [1.54, 1.807) is 10.6 Å². The van der Waals surface area contributed by atoms with Gasteiger partial charge in [0, 0.05) is 5.02 Å². The van der Waals surface area contributed by atoms with Gasteiger partial charge in [-0.1, -0.05) is 23.7 Å². The van der Waals surface area contributed by atoms with Crippen LogP contribution < -0.4 is 5.73 Å². The van der Waals surface area contributed by atoms with Gasteiger partial charge in [-0.05, 0) is 35.9 Å². The molecule has 96 valence electrons. The van der Waals surface area contributed by atoms with Crippen molar-refractivity contribution in [3.05, 3.63) is 58.9 Å². The van der Waals surface area contributed by atoms with Gasteiger partial charge in [0.2, 0.25) is 5.95 Å². The summed E-state index contributed by atoms with van der Waals surface area (Å²) in [5.41, 5.74) is 8.29. The summed E-state index contributed by atoms with van der Waals surface area (Å²) in [7, 11) is 0. The lowest BCUT2D eigenvalue weighted by molar-refractivity contribution is 0.628. The second kappa shape index (κ2) is 4.55. The first-order valence-corrected chi connectivity index (χ1v) is 6.17. The van der Waals surface area contributed by atoms with Crippen molar-refractivity contribution in [1.29, 1.82) is 0 Å². The second-order valence-electron chi connectivity index (χ2n) is 4.32. The smallest absolute Gasteiger partial charge is 0.201 e. The fourth-order valence-corrected chi connectivity index (χ4v) is 2.18. The summed E-state index contributed by atoms with van der Waals surface area (Å²) in [5, 5.41) is 0.679. The van der Waals surface area contributed by atoms with Crippen LogP contribution in [0.1, 0.15) is 5.56 Å². The number of nitrogens with zero attached hydrogens (tertiary/aromatic N) is 2. The molecule has 0 saturated carbocycles. The molecule has 0 fully saturated rings. The predicted octanol–water partition coefficient (Wildman–Crippen LogP) is 3.46. The first-order valence-electron chi connectivity index (χ1n) is 5.79. The van der Waals surface area contributed by atoms with Crippen LogP contribution in [0.25, 0.3) is 11.0 Å². The largest absolute Gasteiger partial charge is 0.369 e. The fourth-order valence-electron chi connectivity index (χ4n) is 2.05. The lowest BCUT2D eigenvalue weighted by atomic mass is 10.2. The highest BCUT2D eigenvalue weighted by molar-refractivity contribution is 6.30. The van der Waals surface area contributed by atoms with Crippen molar-refractivity contribution >= 4 is 28.6 Å². The minimum atomic E-state index is -0.301. The number of nitrogen functional groups attached to an aromatic ring is 1. The zero-order chi connectivity index (χ0) is 13.4. The number of rotatable bonds is 2. The van der Waals surface area contributed by atoms with Crippen LogP contribution in [-0.2, 0) is 6.54 Å². The van der Waals surface area contributed by atoms with Crippen molar-refractivity contribution < 1.29 is 4.39 Å². The molecule has 1 heterocycles. The second-order valence-corrected chi connectivity index (χ2v) is 4.75. The Morgan fingerprint density at radius 3 is 2.63 bits per heavy atom. The maximum atomic E-state index is 13.3. The molecule has 3 nitrogen and oxygen atoms in total.